The molecular formula is C26H41NO5Si. The first-order chi connectivity index (χ1) is 15.5. The predicted molar refractivity (Wildman–Crippen MR) is 131 cm³/mol. The van der Waals surface area contributed by atoms with Crippen molar-refractivity contribution in [1.29, 1.82) is 0 Å². The van der Waals surface area contributed by atoms with Crippen LogP contribution >= 0.6 is 0 Å². The fourth-order valence-electron chi connectivity index (χ4n) is 6.03. The molecule has 1 aromatic carbocycles. The van der Waals surface area contributed by atoms with Crippen LogP contribution in [0, 0.1) is 5.92 Å². The van der Waals surface area contributed by atoms with Gasteiger partial charge in [-0.15, -0.1) is 0 Å². The standard InChI is InChI=1S/C26H41NO5Si/c1-25(2,3)33(6,7)32-22-23(28)26(18-11-9-8-10-12-18)19-16-21(31-5)20(30-4)15-17(19)13-14-27(26)24(22)29/h15-16,18,22-23,28H,8-14H2,1-7H3/t22-,23-,26+/m1/s1. The van der Waals surface area contributed by atoms with Crippen LogP contribution in [0.1, 0.15) is 64.0 Å². The number of fused-ring (bicyclic) bond motifs is 3. The Kier molecular flexibility index (Phi) is 6.38. The minimum Gasteiger partial charge on any atom is -0.493 e. The molecule has 1 saturated carbocycles. The third kappa shape index (κ3) is 3.71. The molecule has 2 aliphatic heterocycles. The Morgan fingerprint density at radius 1 is 1.06 bits per heavy atom. The van der Waals surface area contributed by atoms with Crippen molar-refractivity contribution in [3.8, 4) is 11.5 Å². The fraction of sp³-hybridized carbons (Fsp3) is 0.731. The molecule has 0 bridgehead atoms. The highest BCUT2D eigenvalue weighted by atomic mass is 28.4. The van der Waals surface area contributed by atoms with Gasteiger partial charge in [-0.3, -0.25) is 4.79 Å². The Bertz CT molecular complexity index is 905. The number of hydrogen-bond acceptors (Lipinski definition) is 5. The molecule has 0 unspecified atom stereocenters. The summed E-state index contributed by atoms with van der Waals surface area (Å²) < 4.78 is 17.9. The van der Waals surface area contributed by atoms with E-state index in [1.54, 1.807) is 14.2 Å². The van der Waals surface area contributed by atoms with Crippen LogP contribution in [0.4, 0.5) is 0 Å². The van der Waals surface area contributed by atoms with Gasteiger partial charge in [0.2, 0.25) is 0 Å². The van der Waals surface area contributed by atoms with Gasteiger partial charge in [0.05, 0.1) is 14.2 Å². The van der Waals surface area contributed by atoms with E-state index in [0.29, 0.717) is 18.0 Å². The molecule has 1 N–H and O–H groups in total. The molecule has 2 fully saturated rings. The summed E-state index contributed by atoms with van der Waals surface area (Å²) in [5.41, 5.74) is 1.37. The minimum absolute atomic E-state index is 0.0530. The first-order valence-corrected chi connectivity index (χ1v) is 15.3. The van der Waals surface area contributed by atoms with E-state index in [4.69, 9.17) is 13.9 Å². The number of rotatable bonds is 5. The highest BCUT2D eigenvalue weighted by molar-refractivity contribution is 6.74. The van der Waals surface area contributed by atoms with Crippen molar-refractivity contribution in [2.75, 3.05) is 20.8 Å². The van der Waals surface area contributed by atoms with E-state index in [0.717, 1.165) is 43.2 Å². The van der Waals surface area contributed by atoms with E-state index in [-0.39, 0.29) is 16.9 Å². The molecule has 1 amide bonds. The zero-order valence-electron chi connectivity index (χ0n) is 21.4. The Balaban J connectivity index is 1.88. The van der Waals surface area contributed by atoms with Crippen molar-refractivity contribution in [3.63, 3.8) is 0 Å². The fourth-order valence-corrected chi connectivity index (χ4v) is 7.25. The molecule has 33 heavy (non-hydrogen) atoms. The maximum absolute atomic E-state index is 13.9. The number of nitrogens with zero attached hydrogens (tertiary/aromatic N) is 1. The van der Waals surface area contributed by atoms with Crippen LogP contribution in [-0.2, 0) is 21.2 Å². The summed E-state index contributed by atoms with van der Waals surface area (Å²) in [6.45, 7) is 11.4. The molecule has 1 aromatic rings. The molecule has 184 valence electrons. The summed E-state index contributed by atoms with van der Waals surface area (Å²) in [4.78, 5) is 15.9. The predicted octanol–water partition coefficient (Wildman–Crippen LogP) is 4.63. The summed E-state index contributed by atoms with van der Waals surface area (Å²) in [6, 6.07) is 4.05. The highest BCUT2D eigenvalue weighted by Crippen LogP contribution is 2.56. The second-order valence-electron chi connectivity index (χ2n) is 11.5. The van der Waals surface area contributed by atoms with E-state index in [1.807, 2.05) is 17.0 Å². The van der Waals surface area contributed by atoms with Gasteiger partial charge < -0.3 is 23.9 Å². The van der Waals surface area contributed by atoms with Gasteiger partial charge in [-0.1, -0.05) is 40.0 Å². The largest absolute Gasteiger partial charge is 0.493 e. The lowest BCUT2D eigenvalue weighted by molar-refractivity contribution is -0.138. The number of carbonyl (C=O) groups is 1. The summed E-state index contributed by atoms with van der Waals surface area (Å²) in [7, 11) is 1.01. The Hall–Kier alpha value is -1.57. The van der Waals surface area contributed by atoms with Crippen LogP contribution in [0.5, 0.6) is 11.5 Å². The molecule has 0 aromatic heterocycles. The summed E-state index contributed by atoms with van der Waals surface area (Å²) in [6.07, 6.45) is 4.44. The average molecular weight is 476 g/mol. The zero-order valence-corrected chi connectivity index (χ0v) is 22.4. The van der Waals surface area contributed by atoms with Crippen molar-refractivity contribution in [1.82, 2.24) is 4.90 Å². The number of carbonyl (C=O) groups excluding carboxylic acids is 1. The minimum atomic E-state index is -2.28. The van der Waals surface area contributed by atoms with E-state index in [2.05, 4.69) is 33.9 Å². The second kappa shape index (κ2) is 8.58. The van der Waals surface area contributed by atoms with Gasteiger partial charge in [0.1, 0.15) is 11.6 Å². The Morgan fingerprint density at radius 2 is 1.67 bits per heavy atom. The van der Waals surface area contributed by atoms with Crippen LogP contribution in [-0.4, -0.2) is 57.2 Å². The van der Waals surface area contributed by atoms with Crippen molar-refractivity contribution < 1.29 is 23.8 Å². The van der Waals surface area contributed by atoms with E-state index in [1.165, 1.54) is 6.42 Å². The first-order valence-electron chi connectivity index (χ1n) is 12.4. The average Bonchev–Trinajstić information content (AvgIpc) is 3.00. The summed E-state index contributed by atoms with van der Waals surface area (Å²) in [5, 5.41) is 12.0. The van der Waals surface area contributed by atoms with Gasteiger partial charge in [-0.25, -0.2) is 0 Å². The number of hydrogen-bond donors (Lipinski definition) is 1. The quantitative estimate of drug-likeness (QED) is 0.629. The lowest BCUT2D eigenvalue weighted by Crippen LogP contribution is -2.58. The molecule has 0 radical (unpaired) electrons. The number of methoxy groups -OCH3 is 2. The molecule has 4 rings (SSSR count). The van der Waals surface area contributed by atoms with E-state index >= 15 is 0 Å². The van der Waals surface area contributed by atoms with Gasteiger partial charge in [-0.2, -0.15) is 0 Å². The smallest absolute Gasteiger partial charge is 0.254 e. The molecular weight excluding hydrogens is 434 g/mol. The van der Waals surface area contributed by atoms with Gasteiger partial charge in [-0.05, 0) is 66.6 Å². The van der Waals surface area contributed by atoms with Crippen molar-refractivity contribution in [2.24, 2.45) is 5.92 Å². The Labute approximate surface area is 199 Å². The van der Waals surface area contributed by atoms with Gasteiger partial charge >= 0.3 is 0 Å². The van der Waals surface area contributed by atoms with E-state index in [9.17, 15) is 9.90 Å². The van der Waals surface area contributed by atoms with Gasteiger partial charge in [0.25, 0.3) is 5.91 Å². The van der Waals surface area contributed by atoms with E-state index < -0.39 is 26.1 Å². The zero-order chi connectivity index (χ0) is 24.2. The van der Waals surface area contributed by atoms with Crippen LogP contribution in [0.15, 0.2) is 12.1 Å². The topological polar surface area (TPSA) is 68.2 Å². The number of aliphatic hydroxyl groups is 1. The van der Waals surface area contributed by atoms with Crippen LogP contribution in [0.2, 0.25) is 18.1 Å². The van der Waals surface area contributed by atoms with Crippen molar-refractivity contribution >= 4 is 14.2 Å². The summed E-state index contributed by atoms with van der Waals surface area (Å²) >= 11 is 0. The van der Waals surface area contributed by atoms with Gasteiger partial charge in [0, 0.05) is 6.54 Å². The third-order valence-corrected chi connectivity index (χ3v) is 13.3. The van der Waals surface area contributed by atoms with Crippen LogP contribution < -0.4 is 9.47 Å². The first kappa shape index (κ1) is 24.5. The molecule has 1 aliphatic carbocycles. The second-order valence-corrected chi connectivity index (χ2v) is 16.3. The molecule has 0 spiro atoms. The molecule has 6 nitrogen and oxygen atoms in total. The monoisotopic (exact) mass is 475 g/mol. The number of aliphatic hydroxyl groups excluding tert-OH is 1. The van der Waals surface area contributed by atoms with Crippen LogP contribution in [0.3, 0.4) is 0 Å². The lowest BCUT2D eigenvalue weighted by Gasteiger charge is -2.51. The molecule has 2 heterocycles. The number of amides is 1. The number of benzene rings is 1. The maximum atomic E-state index is 13.9. The normalized spacial score (nSPS) is 28.5. The van der Waals surface area contributed by atoms with Crippen molar-refractivity contribution in [3.05, 3.63) is 23.3 Å². The van der Waals surface area contributed by atoms with Crippen molar-refractivity contribution in [2.45, 2.75) is 95.2 Å². The Morgan fingerprint density at radius 3 is 2.24 bits per heavy atom. The summed E-state index contributed by atoms with van der Waals surface area (Å²) in [5.74, 6) is 1.46. The molecule has 3 aliphatic rings. The SMILES string of the molecule is COc1cc2c(cc1OC)[C@@]1(C3CCCCC3)[C@H](O)[C@@H](O[Si](C)(C)C(C)(C)C)C(=O)N1CC2. The molecule has 1 saturated heterocycles. The molecule has 7 heteroatoms. The highest BCUT2D eigenvalue weighted by Gasteiger charge is 2.65. The van der Waals surface area contributed by atoms with Gasteiger partial charge in [0.15, 0.2) is 25.9 Å². The number of ether oxygens (including phenoxy) is 2. The molecule has 3 atom stereocenters. The third-order valence-electron chi connectivity index (χ3n) is 8.79. The maximum Gasteiger partial charge on any atom is 0.254 e. The van der Waals surface area contributed by atoms with Crippen LogP contribution in [0.25, 0.3) is 0 Å². The lowest BCUT2D eigenvalue weighted by atomic mass is 9.65.